The molecule has 7 heteroatoms. The number of hydrogen-bond donors (Lipinski definition) is 5. The number of aldehydes is 1. The molecule has 0 saturated heterocycles. The van der Waals surface area contributed by atoms with Crippen molar-refractivity contribution in [2.45, 2.75) is 24.4 Å². The minimum absolute atomic E-state index is 0. The second-order valence-corrected chi connectivity index (χ2v) is 2.50. The first-order valence-electron chi connectivity index (χ1n) is 3.49. The highest BCUT2D eigenvalue weighted by molar-refractivity contribution is 5.85. The maximum absolute atomic E-state index is 10.1. The van der Waals surface area contributed by atoms with E-state index in [1.807, 2.05) is 0 Å². The van der Waals surface area contributed by atoms with Crippen LogP contribution in [0, 0.1) is 0 Å². The molecule has 4 atom stereocenters. The normalized spacial score (nSPS) is 19.5. The van der Waals surface area contributed by atoms with Crippen molar-refractivity contribution in [2.24, 2.45) is 11.5 Å². The van der Waals surface area contributed by atoms with E-state index in [9.17, 15) is 4.79 Å². The molecule has 0 radical (unpaired) electrons. The van der Waals surface area contributed by atoms with Gasteiger partial charge in [0.25, 0.3) is 0 Å². The van der Waals surface area contributed by atoms with Crippen LogP contribution >= 0.6 is 12.4 Å². The van der Waals surface area contributed by atoms with Crippen LogP contribution in [0.2, 0.25) is 0 Å². The molecule has 0 spiro atoms. The lowest BCUT2D eigenvalue weighted by Gasteiger charge is -2.23. The largest absolute Gasteiger partial charge is 0.389 e. The van der Waals surface area contributed by atoms with Gasteiger partial charge >= 0.3 is 0 Å². The van der Waals surface area contributed by atoms with Gasteiger partial charge in [0.05, 0.1) is 12.1 Å². The number of nitrogens with two attached hydrogens (primary N) is 2. The summed E-state index contributed by atoms with van der Waals surface area (Å²) in [5.74, 6) is 0. The maximum atomic E-state index is 10.1. The van der Waals surface area contributed by atoms with Gasteiger partial charge in [-0.15, -0.1) is 12.4 Å². The third-order valence-corrected chi connectivity index (χ3v) is 1.54. The molecule has 6 nitrogen and oxygen atoms in total. The zero-order valence-corrected chi connectivity index (χ0v) is 7.72. The minimum atomic E-state index is -1.49. The van der Waals surface area contributed by atoms with E-state index in [2.05, 4.69) is 0 Å². The highest BCUT2D eigenvalue weighted by Gasteiger charge is 2.28. The molecule has 0 fully saturated rings. The third-order valence-electron chi connectivity index (χ3n) is 1.54. The molecule has 0 saturated carbocycles. The Labute approximate surface area is 81.9 Å². The van der Waals surface area contributed by atoms with Crippen molar-refractivity contribution in [1.29, 1.82) is 0 Å². The molecule has 0 bridgehead atoms. The number of carbonyl (C=O) groups excluding carboxylic acids is 1. The summed E-state index contributed by atoms with van der Waals surface area (Å²) >= 11 is 0. The SMILES string of the molecule is Cl.NC[C@@H](O)[C@@H](O)[C@H](O)[C@H](N)C=O. The van der Waals surface area contributed by atoms with E-state index < -0.39 is 24.4 Å². The van der Waals surface area contributed by atoms with Gasteiger partial charge in [0.2, 0.25) is 0 Å². The molecule has 0 aromatic heterocycles. The van der Waals surface area contributed by atoms with E-state index in [4.69, 9.17) is 26.8 Å². The zero-order valence-electron chi connectivity index (χ0n) is 6.91. The molecule has 0 rings (SSSR count). The van der Waals surface area contributed by atoms with Crippen molar-refractivity contribution in [3.8, 4) is 0 Å². The van der Waals surface area contributed by atoms with E-state index in [1.54, 1.807) is 0 Å². The van der Waals surface area contributed by atoms with Crippen molar-refractivity contribution in [3.63, 3.8) is 0 Å². The van der Waals surface area contributed by atoms with Gasteiger partial charge < -0.3 is 31.6 Å². The molecule has 0 amide bonds. The van der Waals surface area contributed by atoms with Crippen LogP contribution in [-0.4, -0.2) is 52.5 Å². The summed E-state index contributed by atoms with van der Waals surface area (Å²) in [4.78, 5) is 10.1. The van der Waals surface area contributed by atoms with Gasteiger partial charge in [-0.2, -0.15) is 0 Å². The van der Waals surface area contributed by atoms with Crippen LogP contribution < -0.4 is 11.5 Å². The lowest BCUT2D eigenvalue weighted by atomic mass is 10.0. The van der Waals surface area contributed by atoms with Crippen LogP contribution in [0.1, 0.15) is 0 Å². The number of aliphatic hydroxyl groups excluding tert-OH is 3. The Morgan fingerprint density at radius 1 is 1.23 bits per heavy atom. The van der Waals surface area contributed by atoms with Gasteiger partial charge in [0.1, 0.15) is 18.5 Å². The predicted molar refractivity (Wildman–Crippen MR) is 48.4 cm³/mol. The fourth-order valence-electron chi connectivity index (χ4n) is 0.675. The molecule has 0 heterocycles. The van der Waals surface area contributed by atoms with E-state index in [-0.39, 0.29) is 25.2 Å². The van der Waals surface area contributed by atoms with Crippen molar-refractivity contribution in [3.05, 3.63) is 0 Å². The predicted octanol–water partition coefficient (Wildman–Crippen LogP) is -3.02. The first-order valence-corrected chi connectivity index (χ1v) is 3.49. The Kier molecular flexibility index (Phi) is 8.43. The summed E-state index contributed by atoms with van der Waals surface area (Å²) in [7, 11) is 0. The Morgan fingerprint density at radius 3 is 2.00 bits per heavy atom. The second kappa shape index (κ2) is 7.19. The fourth-order valence-corrected chi connectivity index (χ4v) is 0.675. The summed E-state index contributed by atoms with van der Waals surface area (Å²) in [6.07, 6.45) is -3.96. The lowest BCUT2D eigenvalue weighted by Crippen LogP contribution is -2.50. The third kappa shape index (κ3) is 4.51. The quantitative estimate of drug-likeness (QED) is 0.310. The van der Waals surface area contributed by atoms with E-state index in [1.165, 1.54) is 0 Å². The van der Waals surface area contributed by atoms with Gasteiger partial charge in [-0.1, -0.05) is 0 Å². The Hall–Kier alpha value is -0.240. The number of rotatable bonds is 5. The average Bonchev–Trinajstić information content (AvgIpc) is 2.12. The van der Waals surface area contributed by atoms with Crippen molar-refractivity contribution in [1.82, 2.24) is 0 Å². The van der Waals surface area contributed by atoms with Crippen LogP contribution in [0.15, 0.2) is 0 Å². The summed E-state index contributed by atoms with van der Waals surface area (Å²) in [5.41, 5.74) is 10.1. The fraction of sp³-hybridized carbons (Fsp3) is 0.833. The molecule has 0 aliphatic heterocycles. The smallest absolute Gasteiger partial charge is 0.139 e. The highest BCUT2D eigenvalue weighted by Crippen LogP contribution is 2.01. The van der Waals surface area contributed by atoms with Crippen LogP contribution in [0.3, 0.4) is 0 Å². The molecule has 0 aromatic carbocycles. The summed E-state index contributed by atoms with van der Waals surface area (Å²) in [6.45, 7) is -0.205. The Bertz CT molecular complexity index is 149. The Morgan fingerprint density at radius 2 is 1.69 bits per heavy atom. The number of carbonyl (C=O) groups is 1. The molecular formula is C6H15ClN2O4. The first-order chi connectivity index (χ1) is 5.54. The minimum Gasteiger partial charge on any atom is -0.389 e. The van der Waals surface area contributed by atoms with Gasteiger partial charge in [0, 0.05) is 6.54 Å². The van der Waals surface area contributed by atoms with Crippen molar-refractivity contribution < 1.29 is 20.1 Å². The molecule has 7 N–H and O–H groups in total. The molecule has 0 aliphatic rings. The van der Waals surface area contributed by atoms with Gasteiger partial charge in [-0.05, 0) is 0 Å². The number of hydrogen-bond acceptors (Lipinski definition) is 6. The van der Waals surface area contributed by atoms with E-state index in [0.717, 1.165) is 0 Å². The summed E-state index contributed by atoms with van der Waals surface area (Å²) in [5, 5.41) is 27.1. The van der Waals surface area contributed by atoms with Crippen molar-refractivity contribution >= 4 is 18.7 Å². The molecule has 80 valence electrons. The lowest BCUT2D eigenvalue weighted by molar-refractivity contribution is -0.116. The number of halogens is 1. The van der Waals surface area contributed by atoms with Crippen LogP contribution in [0.4, 0.5) is 0 Å². The molecular weight excluding hydrogens is 200 g/mol. The zero-order chi connectivity index (χ0) is 9.72. The standard InChI is InChI=1S/C6H14N2O4.ClH/c7-1-4(10)6(12)5(11)3(8)2-9;/h2-6,10-12H,1,7-8H2;1H/t3-,4-,5-,6-;/m1./s1. The van der Waals surface area contributed by atoms with E-state index in [0.29, 0.717) is 0 Å². The van der Waals surface area contributed by atoms with E-state index >= 15 is 0 Å². The summed E-state index contributed by atoms with van der Waals surface area (Å²) in [6, 6.07) is -1.21. The molecule has 0 aliphatic carbocycles. The molecule has 13 heavy (non-hydrogen) atoms. The average molecular weight is 215 g/mol. The topological polar surface area (TPSA) is 130 Å². The Balaban J connectivity index is 0. The first kappa shape index (κ1) is 15.2. The van der Waals surface area contributed by atoms with Crippen LogP contribution in [0.25, 0.3) is 0 Å². The van der Waals surface area contributed by atoms with Gasteiger partial charge in [0.15, 0.2) is 0 Å². The number of aliphatic hydroxyl groups is 3. The highest BCUT2D eigenvalue weighted by atomic mass is 35.5. The molecule has 0 unspecified atom stereocenters. The maximum Gasteiger partial charge on any atom is 0.139 e. The molecule has 0 aromatic rings. The van der Waals surface area contributed by atoms with Crippen molar-refractivity contribution in [2.75, 3.05) is 6.54 Å². The van der Waals surface area contributed by atoms with Crippen LogP contribution in [0.5, 0.6) is 0 Å². The monoisotopic (exact) mass is 214 g/mol. The summed E-state index contributed by atoms with van der Waals surface area (Å²) < 4.78 is 0. The van der Waals surface area contributed by atoms with Crippen LogP contribution in [-0.2, 0) is 4.79 Å². The van der Waals surface area contributed by atoms with Gasteiger partial charge in [-0.3, -0.25) is 0 Å². The van der Waals surface area contributed by atoms with Gasteiger partial charge in [-0.25, -0.2) is 0 Å². The second-order valence-electron chi connectivity index (χ2n) is 2.50.